The molecule has 1 fully saturated rings. The van der Waals surface area contributed by atoms with E-state index in [-0.39, 0.29) is 5.82 Å². The minimum atomic E-state index is -1.33. The number of hydrogen-bond donors (Lipinski definition) is 4. The third-order valence-electron chi connectivity index (χ3n) is 4.38. The SMILES string of the molecule is C=C(C)CC[C@@]1(n2cnc3c(N)ncnc32)O[C@H](CO)[C@@H](O)[C@H]1O. The van der Waals surface area contributed by atoms with Gasteiger partial charge in [-0.1, -0.05) is 5.57 Å². The third kappa shape index (κ3) is 2.46. The molecule has 0 aromatic carbocycles. The zero-order chi connectivity index (χ0) is 17.5. The van der Waals surface area contributed by atoms with Gasteiger partial charge in [-0.2, -0.15) is 0 Å². The standard InChI is InChI=1S/C15H21N5O4/c1-8(2)3-4-15(12(23)11(22)9(5-21)24-15)20-7-19-10-13(16)17-6-18-14(10)20/h6-7,9,11-12,21-23H,1,3-5H2,2H3,(H2,16,17,18)/t9-,11-,12-,15-/m1/s1. The van der Waals surface area contributed by atoms with Crippen LogP contribution in [0.4, 0.5) is 5.82 Å². The molecule has 0 aliphatic carbocycles. The van der Waals surface area contributed by atoms with Crippen LogP contribution in [0, 0.1) is 0 Å². The maximum atomic E-state index is 10.7. The lowest BCUT2D eigenvalue weighted by Gasteiger charge is -2.34. The Hall–Kier alpha value is -2.07. The number of nitrogens with two attached hydrogens (primary N) is 1. The van der Waals surface area contributed by atoms with Crippen molar-refractivity contribution < 1.29 is 20.1 Å². The van der Waals surface area contributed by atoms with Crippen molar-refractivity contribution >= 4 is 17.0 Å². The number of rotatable bonds is 5. The second-order valence-electron chi connectivity index (χ2n) is 6.12. The molecule has 9 nitrogen and oxygen atoms in total. The lowest BCUT2D eigenvalue weighted by atomic mass is 9.95. The van der Waals surface area contributed by atoms with Gasteiger partial charge in [0.25, 0.3) is 0 Å². The van der Waals surface area contributed by atoms with Crippen LogP contribution in [0.1, 0.15) is 19.8 Å². The molecule has 0 radical (unpaired) electrons. The molecule has 5 N–H and O–H groups in total. The van der Waals surface area contributed by atoms with Crippen molar-refractivity contribution in [2.24, 2.45) is 0 Å². The summed E-state index contributed by atoms with van der Waals surface area (Å²) in [7, 11) is 0. The lowest BCUT2D eigenvalue weighted by molar-refractivity contribution is -0.150. The Morgan fingerprint density at radius 1 is 1.42 bits per heavy atom. The van der Waals surface area contributed by atoms with E-state index in [9.17, 15) is 15.3 Å². The van der Waals surface area contributed by atoms with Crippen LogP contribution in [0.15, 0.2) is 24.8 Å². The molecule has 1 aliphatic heterocycles. The Labute approximate surface area is 138 Å². The molecule has 1 aliphatic rings. The van der Waals surface area contributed by atoms with Crippen molar-refractivity contribution in [3.63, 3.8) is 0 Å². The summed E-state index contributed by atoms with van der Waals surface area (Å²) >= 11 is 0. The minimum absolute atomic E-state index is 0.209. The highest BCUT2D eigenvalue weighted by Gasteiger charge is 2.55. The first kappa shape index (κ1) is 16.8. The number of nitrogens with zero attached hydrogens (tertiary/aromatic N) is 4. The molecule has 9 heteroatoms. The van der Waals surface area contributed by atoms with Crippen LogP contribution in [0.25, 0.3) is 11.2 Å². The number of hydrogen-bond acceptors (Lipinski definition) is 8. The molecule has 0 bridgehead atoms. The zero-order valence-corrected chi connectivity index (χ0v) is 13.3. The molecule has 3 rings (SSSR count). The number of nitrogen functional groups attached to an aromatic ring is 1. The van der Waals surface area contributed by atoms with Crippen LogP contribution < -0.4 is 5.73 Å². The minimum Gasteiger partial charge on any atom is -0.394 e. The first-order valence-electron chi connectivity index (χ1n) is 7.64. The topological polar surface area (TPSA) is 140 Å². The summed E-state index contributed by atoms with van der Waals surface area (Å²) in [6.45, 7) is 5.31. The molecule has 4 atom stereocenters. The molecule has 1 saturated heterocycles. The summed E-state index contributed by atoms with van der Waals surface area (Å²) in [5, 5.41) is 30.4. The summed E-state index contributed by atoms with van der Waals surface area (Å²) in [5.41, 5.74) is 6.14. The van der Waals surface area contributed by atoms with Crippen molar-refractivity contribution in [1.29, 1.82) is 0 Å². The third-order valence-corrected chi connectivity index (χ3v) is 4.38. The fourth-order valence-corrected chi connectivity index (χ4v) is 3.07. The van der Waals surface area contributed by atoms with Gasteiger partial charge in [0.05, 0.1) is 12.9 Å². The molecule has 24 heavy (non-hydrogen) atoms. The van der Waals surface area contributed by atoms with Crippen molar-refractivity contribution in [2.45, 2.75) is 43.8 Å². The number of ether oxygens (including phenoxy) is 1. The Morgan fingerprint density at radius 3 is 2.79 bits per heavy atom. The largest absolute Gasteiger partial charge is 0.394 e. The van der Waals surface area contributed by atoms with E-state index in [4.69, 9.17) is 10.5 Å². The summed E-state index contributed by atoms with van der Waals surface area (Å²) in [5.74, 6) is 0.209. The Morgan fingerprint density at radius 2 is 2.17 bits per heavy atom. The molecule has 0 amide bonds. The molecule has 0 unspecified atom stereocenters. The van der Waals surface area contributed by atoms with Crippen LogP contribution >= 0.6 is 0 Å². The molecule has 130 valence electrons. The van der Waals surface area contributed by atoms with Gasteiger partial charge >= 0.3 is 0 Å². The van der Waals surface area contributed by atoms with Gasteiger partial charge in [0.1, 0.15) is 30.2 Å². The predicted molar refractivity (Wildman–Crippen MR) is 85.7 cm³/mol. The summed E-state index contributed by atoms with van der Waals surface area (Å²) in [4.78, 5) is 12.3. The molecule has 2 aromatic heterocycles. The molecule has 2 aromatic rings. The average molecular weight is 335 g/mol. The zero-order valence-electron chi connectivity index (χ0n) is 13.3. The molecule has 0 saturated carbocycles. The Balaban J connectivity index is 2.14. The highest BCUT2D eigenvalue weighted by molar-refractivity contribution is 5.81. The van der Waals surface area contributed by atoms with Crippen LogP contribution in [-0.4, -0.2) is 59.8 Å². The summed E-state index contributed by atoms with van der Waals surface area (Å²) in [6.07, 6.45) is 0.184. The molecule has 3 heterocycles. The Bertz CT molecular complexity index is 763. The second kappa shape index (κ2) is 6.10. The van der Waals surface area contributed by atoms with E-state index in [1.54, 1.807) is 4.57 Å². The van der Waals surface area contributed by atoms with Crippen LogP contribution in [0.2, 0.25) is 0 Å². The first-order valence-corrected chi connectivity index (χ1v) is 7.64. The molecule has 0 spiro atoms. The highest BCUT2D eigenvalue weighted by atomic mass is 16.6. The van der Waals surface area contributed by atoms with Gasteiger partial charge in [0.2, 0.25) is 0 Å². The van der Waals surface area contributed by atoms with E-state index >= 15 is 0 Å². The van der Waals surface area contributed by atoms with E-state index in [0.717, 1.165) is 5.57 Å². The van der Waals surface area contributed by atoms with E-state index in [2.05, 4.69) is 21.5 Å². The van der Waals surface area contributed by atoms with Crippen molar-refractivity contribution in [1.82, 2.24) is 19.5 Å². The summed E-state index contributed by atoms with van der Waals surface area (Å²) in [6, 6.07) is 0. The number of aliphatic hydroxyl groups is 3. The fourth-order valence-electron chi connectivity index (χ4n) is 3.07. The number of aliphatic hydroxyl groups excluding tert-OH is 3. The van der Waals surface area contributed by atoms with Crippen molar-refractivity contribution in [3.05, 3.63) is 24.8 Å². The number of fused-ring (bicyclic) bond motifs is 1. The van der Waals surface area contributed by atoms with Gasteiger partial charge in [-0.25, -0.2) is 15.0 Å². The Kier molecular flexibility index (Phi) is 4.26. The van der Waals surface area contributed by atoms with Gasteiger partial charge < -0.3 is 25.8 Å². The first-order chi connectivity index (χ1) is 11.4. The van der Waals surface area contributed by atoms with Crippen LogP contribution in [0.5, 0.6) is 0 Å². The van der Waals surface area contributed by atoms with Crippen molar-refractivity contribution in [3.8, 4) is 0 Å². The van der Waals surface area contributed by atoms with Gasteiger partial charge in [-0.3, -0.25) is 4.57 Å². The van der Waals surface area contributed by atoms with Gasteiger partial charge in [0, 0.05) is 6.42 Å². The van der Waals surface area contributed by atoms with Gasteiger partial charge in [0.15, 0.2) is 17.2 Å². The second-order valence-corrected chi connectivity index (χ2v) is 6.12. The number of imidazole rings is 1. The quantitative estimate of drug-likeness (QED) is 0.538. The van der Waals surface area contributed by atoms with E-state index in [1.165, 1.54) is 12.7 Å². The monoisotopic (exact) mass is 335 g/mol. The highest BCUT2D eigenvalue weighted by Crippen LogP contribution is 2.41. The maximum absolute atomic E-state index is 10.7. The van der Waals surface area contributed by atoms with E-state index in [0.29, 0.717) is 24.0 Å². The molecular weight excluding hydrogens is 314 g/mol. The smallest absolute Gasteiger partial charge is 0.176 e. The van der Waals surface area contributed by atoms with E-state index in [1.807, 2.05) is 6.92 Å². The summed E-state index contributed by atoms with van der Waals surface area (Å²) < 4.78 is 7.44. The average Bonchev–Trinajstić information content (AvgIpc) is 3.09. The van der Waals surface area contributed by atoms with Crippen LogP contribution in [0.3, 0.4) is 0 Å². The van der Waals surface area contributed by atoms with Crippen molar-refractivity contribution in [2.75, 3.05) is 12.3 Å². The fraction of sp³-hybridized carbons (Fsp3) is 0.533. The number of aromatic nitrogens is 4. The van der Waals surface area contributed by atoms with E-state index < -0.39 is 30.6 Å². The van der Waals surface area contributed by atoms with Crippen LogP contribution in [-0.2, 0) is 10.5 Å². The molecular formula is C15H21N5O4. The maximum Gasteiger partial charge on any atom is 0.176 e. The predicted octanol–water partition coefficient (Wildman–Crippen LogP) is -0.470. The number of allylic oxidation sites excluding steroid dienone is 1. The van der Waals surface area contributed by atoms with Gasteiger partial charge in [-0.15, -0.1) is 6.58 Å². The lowest BCUT2D eigenvalue weighted by Crippen LogP contribution is -2.45. The van der Waals surface area contributed by atoms with Gasteiger partial charge in [-0.05, 0) is 13.3 Å². The normalized spacial score (nSPS) is 30.1. The number of anilines is 1.